The first-order chi connectivity index (χ1) is 6.18. The monoisotopic (exact) mass is 186 g/mol. The molecule has 0 aromatic carbocycles. The number of aliphatic hydroxyl groups excluding tert-OH is 1. The van der Waals surface area contributed by atoms with E-state index in [9.17, 15) is 9.90 Å². The van der Waals surface area contributed by atoms with Crippen LogP contribution in [0.25, 0.3) is 0 Å². The Hall–Kier alpha value is -0.570. The molecule has 1 aliphatic carbocycles. The van der Waals surface area contributed by atoms with Gasteiger partial charge in [-0.2, -0.15) is 0 Å². The van der Waals surface area contributed by atoms with Gasteiger partial charge >= 0.3 is 5.97 Å². The molecule has 1 fully saturated rings. The van der Waals surface area contributed by atoms with E-state index in [-0.39, 0.29) is 18.0 Å². The molecule has 0 spiro atoms. The van der Waals surface area contributed by atoms with Crippen molar-refractivity contribution in [2.45, 2.75) is 39.0 Å². The Balaban J connectivity index is 2.42. The third kappa shape index (κ3) is 2.99. The number of rotatable bonds is 3. The van der Waals surface area contributed by atoms with Crippen molar-refractivity contribution in [1.29, 1.82) is 0 Å². The molecule has 1 rings (SSSR count). The average molecular weight is 186 g/mol. The number of aliphatic hydroxyl groups is 1. The molecule has 1 aliphatic rings. The largest absolute Gasteiger partial charge is 0.465 e. The summed E-state index contributed by atoms with van der Waals surface area (Å²) in [6, 6.07) is 0. The molecule has 1 N–H and O–H groups in total. The van der Waals surface area contributed by atoms with Gasteiger partial charge < -0.3 is 9.84 Å². The maximum absolute atomic E-state index is 10.6. The SMILES string of the molecule is CC(=O)OCC1(CO)CCCCC1. The summed E-state index contributed by atoms with van der Waals surface area (Å²) in [5.74, 6) is -0.251. The molecular formula is C10H18O3. The molecule has 0 saturated heterocycles. The minimum atomic E-state index is -0.251. The van der Waals surface area contributed by atoms with Crippen molar-refractivity contribution in [2.24, 2.45) is 5.41 Å². The normalized spacial score (nSPS) is 21.1. The zero-order valence-corrected chi connectivity index (χ0v) is 8.21. The Bertz CT molecular complexity index is 171. The van der Waals surface area contributed by atoms with Gasteiger partial charge in [0.05, 0.1) is 13.2 Å². The van der Waals surface area contributed by atoms with Crippen molar-refractivity contribution < 1.29 is 14.6 Å². The summed E-state index contributed by atoms with van der Waals surface area (Å²) in [6.45, 7) is 1.94. The smallest absolute Gasteiger partial charge is 0.302 e. The van der Waals surface area contributed by atoms with Crippen LogP contribution in [0, 0.1) is 5.41 Å². The lowest BCUT2D eigenvalue weighted by molar-refractivity contribution is -0.146. The Kier molecular flexibility index (Phi) is 3.72. The number of esters is 1. The van der Waals surface area contributed by atoms with Gasteiger partial charge in [-0.25, -0.2) is 0 Å². The van der Waals surface area contributed by atoms with Crippen molar-refractivity contribution in [2.75, 3.05) is 13.2 Å². The molecule has 0 bridgehead atoms. The second-order valence-electron chi connectivity index (χ2n) is 4.00. The summed E-state index contributed by atoms with van der Waals surface area (Å²) in [7, 11) is 0. The van der Waals surface area contributed by atoms with Gasteiger partial charge in [-0.3, -0.25) is 4.79 Å². The van der Waals surface area contributed by atoms with Crippen molar-refractivity contribution in [3.63, 3.8) is 0 Å². The molecule has 3 heteroatoms. The van der Waals surface area contributed by atoms with E-state index in [0.29, 0.717) is 6.61 Å². The second-order valence-corrected chi connectivity index (χ2v) is 4.00. The highest BCUT2D eigenvalue weighted by atomic mass is 16.5. The fourth-order valence-corrected chi connectivity index (χ4v) is 1.90. The van der Waals surface area contributed by atoms with E-state index in [2.05, 4.69) is 0 Å². The van der Waals surface area contributed by atoms with Crippen LogP contribution in [0.4, 0.5) is 0 Å². The standard InChI is InChI=1S/C10H18O3/c1-9(12)13-8-10(7-11)5-3-2-4-6-10/h11H,2-8H2,1H3. The van der Waals surface area contributed by atoms with Gasteiger partial charge in [0.2, 0.25) is 0 Å². The molecule has 0 aliphatic heterocycles. The number of carbonyl (C=O) groups is 1. The van der Waals surface area contributed by atoms with Crippen molar-refractivity contribution >= 4 is 5.97 Å². The molecule has 0 radical (unpaired) electrons. The Morgan fingerprint density at radius 2 is 2.00 bits per heavy atom. The second kappa shape index (κ2) is 4.61. The van der Waals surface area contributed by atoms with Crippen molar-refractivity contribution in [3.05, 3.63) is 0 Å². The van der Waals surface area contributed by atoms with E-state index in [1.165, 1.54) is 13.3 Å². The Labute approximate surface area is 79.1 Å². The predicted octanol–water partition coefficient (Wildman–Crippen LogP) is 1.49. The van der Waals surface area contributed by atoms with Crippen molar-refractivity contribution in [3.8, 4) is 0 Å². The van der Waals surface area contributed by atoms with E-state index in [1.54, 1.807) is 0 Å². The van der Waals surface area contributed by atoms with Crippen LogP contribution < -0.4 is 0 Å². The van der Waals surface area contributed by atoms with Crippen LogP contribution in [-0.2, 0) is 9.53 Å². The van der Waals surface area contributed by atoms with Gasteiger partial charge in [0.1, 0.15) is 0 Å². The lowest BCUT2D eigenvalue weighted by Gasteiger charge is -2.34. The van der Waals surface area contributed by atoms with Crippen LogP contribution in [0.3, 0.4) is 0 Å². The molecule has 3 nitrogen and oxygen atoms in total. The Morgan fingerprint density at radius 3 is 2.46 bits per heavy atom. The number of carbonyl (C=O) groups excluding carboxylic acids is 1. The Morgan fingerprint density at radius 1 is 1.38 bits per heavy atom. The summed E-state index contributed by atoms with van der Waals surface area (Å²) in [5.41, 5.74) is -0.135. The third-order valence-electron chi connectivity index (χ3n) is 2.83. The predicted molar refractivity (Wildman–Crippen MR) is 49.2 cm³/mol. The summed E-state index contributed by atoms with van der Waals surface area (Å²) in [6.07, 6.45) is 5.49. The summed E-state index contributed by atoms with van der Waals surface area (Å²) in [4.78, 5) is 10.6. The molecule has 13 heavy (non-hydrogen) atoms. The van der Waals surface area contributed by atoms with Gasteiger partial charge in [0, 0.05) is 12.3 Å². The molecule has 0 unspecified atom stereocenters. The first kappa shape index (κ1) is 10.5. The lowest BCUT2D eigenvalue weighted by Crippen LogP contribution is -2.34. The summed E-state index contributed by atoms with van der Waals surface area (Å²) < 4.78 is 4.98. The van der Waals surface area contributed by atoms with Crippen LogP contribution in [0.15, 0.2) is 0 Å². The third-order valence-corrected chi connectivity index (χ3v) is 2.83. The highest BCUT2D eigenvalue weighted by Crippen LogP contribution is 2.35. The highest BCUT2D eigenvalue weighted by molar-refractivity contribution is 5.65. The highest BCUT2D eigenvalue weighted by Gasteiger charge is 2.32. The van der Waals surface area contributed by atoms with Gasteiger partial charge in [-0.05, 0) is 12.8 Å². The molecular weight excluding hydrogens is 168 g/mol. The molecule has 0 amide bonds. The van der Waals surface area contributed by atoms with E-state index in [0.717, 1.165) is 25.7 Å². The van der Waals surface area contributed by atoms with Crippen LogP contribution in [0.5, 0.6) is 0 Å². The van der Waals surface area contributed by atoms with Gasteiger partial charge in [-0.1, -0.05) is 19.3 Å². The number of ether oxygens (including phenoxy) is 1. The fourth-order valence-electron chi connectivity index (χ4n) is 1.90. The van der Waals surface area contributed by atoms with E-state index in [1.807, 2.05) is 0 Å². The van der Waals surface area contributed by atoms with E-state index in [4.69, 9.17) is 4.74 Å². The van der Waals surface area contributed by atoms with Gasteiger partial charge in [0.25, 0.3) is 0 Å². The topological polar surface area (TPSA) is 46.5 Å². The minimum Gasteiger partial charge on any atom is -0.465 e. The number of hydrogen-bond donors (Lipinski definition) is 1. The molecule has 0 aromatic heterocycles. The van der Waals surface area contributed by atoms with Gasteiger partial charge in [0.15, 0.2) is 0 Å². The van der Waals surface area contributed by atoms with Crippen LogP contribution >= 0.6 is 0 Å². The van der Waals surface area contributed by atoms with E-state index >= 15 is 0 Å². The minimum absolute atomic E-state index is 0.135. The number of hydrogen-bond acceptors (Lipinski definition) is 3. The van der Waals surface area contributed by atoms with Gasteiger partial charge in [-0.15, -0.1) is 0 Å². The molecule has 76 valence electrons. The first-order valence-electron chi connectivity index (χ1n) is 4.93. The van der Waals surface area contributed by atoms with Crippen molar-refractivity contribution in [1.82, 2.24) is 0 Å². The summed E-state index contributed by atoms with van der Waals surface area (Å²) >= 11 is 0. The zero-order chi connectivity index (χ0) is 9.73. The average Bonchev–Trinajstić information content (AvgIpc) is 2.16. The summed E-state index contributed by atoms with van der Waals surface area (Å²) in [5, 5.41) is 9.26. The lowest BCUT2D eigenvalue weighted by atomic mass is 9.75. The van der Waals surface area contributed by atoms with Crippen LogP contribution in [0.2, 0.25) is 0 Å². The molecule has 1 saturated carbocycles. The maximum atomic E-state index is 10.6. The fraction of sp³-hybridized carbons (Fsp3) is 0.900. The van der Waals surface area contributed by atoms with Crippen LogP contribution in [0.1, 0.15) is 39.0 Å². The van der Waals surface area contributed by atoms with Crippen LogP contribution in [-0.4, -0.2) is 24.3 Å². The quantitative estimate of drug-likeness (QED) is 0.679. The molecule has 0 aromatic rings. The maximum Gasteiger partial charge on any atom is 0.302 e. The van der Waals surface area contributed by atoms with E-state index < -0.39 is 0 Å². The zero-order valence-electron chi connectivity index (χ0n) is 8.21. The molecule has 0 heterocycles. The first-order valence-corrected chi connectivity index (χ1v) is 4.93. The molecule has 0 atom stereocenters.